The molecule has 3 nitrogen and oxygen atoms in total. The number of nitrogens with two attached hydrogens (primary N) is 1. The van der Waals surface area contributed by atoms with Crippen LogP contribution in [-0.2, 0) is 6.42 Å². The lowest BCUT2D eigenvalue weighted by Gasteiger charge is -1.98. The van der Waals surface area contributed by atoms with Crippen molar-refractivity contribution in [3.8, 4) is 6.07 Å². The fraction of sp³-hybridized carbons (Fsp3) is 0.111. The van der Waals surface area contributed by atoms with Gasteiger partial charge in [-0.25, -0.2) is 0 Å². The number of benzene rings is 1. The second kappa shape index (κ2) is 3.54. The molecule has 12 heavy (non-hydrogen) atoms. The van der Waals surface area contributed by atoms with E-state index in [4.69, 9.17) is 16.4 Å². The lowest BCUT2D eigenvalue weighted by atomic mass is 10.1. The Morgan fingerprint density at radius 3 is 2.92 bits per heavy atom. The second-order valence-corrected chi connectivity index (χ2v) is 2.51. The Morgan fingerprint density at radius 1 is 1.58 bits per heavy atom. The summed E-state index contributed by atoms with van der Waals surface area (Å²) in [6, 6.07) is 9.13. The zero-order valence-electron chi connectivity index (χ0n) is 6.54. The lowest BCUT2D eigenvalue weighted by molar-refractivity contribution is 1.24. The molecule has 60 valence electrons. The van der Waals surface area contributed by atoms with E-state index in [2.05, 4.69) is 0 Å². The van der Waals surface area contributed by atoms with Crippen molar-refractivity contribution < 1.29 is 0 Å². The maximum absolute atomic E-state index is 8.56. The standard InChI is InChI=1S/C9H9N3/c10-6-8-3-1-2-7(4-8)5-9(11)12/h1-4H,5H2,(H3,11,12). The Kier molecular flexibility index (Phi) is 2.44. The summed E-state index contributed by atoms with van der Waals surface area (Å²) in [6.45, 7) is 0. The van der Waals surface area contributed by atoms with Crippen LogP contribution in [0.25, 0.3) is 0 Å². The van der Waals surface area contributed by atoms with Crippen molar-refractivity contribution in [1.82, 2.24) is 0 Å². The number of rotatable bonds is 2. The summed E-state index contributed by atoms with van der Waals surface area (Å²) in [6.07, 6.45) is 0.412. The van der Waals surface area contributed by atoms with Crippen LogP contribution in [0.15, 0.2) is 24.3 Å². The van der Waals surface area contributed by atoms with Gasteiger partial charge >= 0.3 is 0 Å². The average molecular weight is 159 g/mol. The van der Waals surface area contributed by atoms with Gasteiger partial charge in [0.15, 0.2) is 0 Å². The minimum atomic E-state index is 0.116. The number of nitrogens with one attached hydrogen (secondary N) is 1. The van der Waals surface area contributed by atoms with Crippen LogP contribution in [-0.4, -0.2) is 5.84 Å². The van der Waals surface area contributed by atoms with E-state index in [-0.39, 0.29) is 5.84 Å². The van der Waals surface area contributed by atoms with Crippen LogP contribution in [0.4, 0.5) is 0 Å². The quantitative estimate of drug-likeness (QED) is 0.499. The monoisotopic (exact) mass is 159 g/mol. The molecule has 3 heteroatoms. The molecule has 0 aliphatic carbocycles. The summed E-state index contributed by atoms with van der Waals surface area (Å²) in [5, 5.41) is 15.6. The van der Waals surface area contributed by atoms with Crippen LogP contribution in [0.3, 0.4) is 0 Å². The molecule has 0 aliphatic heterocycles. The van der Waals surface area contributed by atoms with Crippen LogP contribution in [0.5, 0.6) is 0 Å². The van der Waals surface area contributed by atoms with Crippen LogP contribution >= 0.6 is 0 Å². The van der Waals surface area contributed by atoms with E-state index in [9.17, 15) is 0 Å². The third-order valence-corrected chi connectivity index (χ3v) is 1.45. The zero-order valence-corrected chi connectivity index (χ0v) is 6.54. The summed E-state index contributed by atoms with van der Waals surface area (Å²) in [5.74, 6) is 0.116. The van der Waals surface area contributed by atoms with E-state index in [1.807, 2.05) is 12.1 Å². The molecule has 0 heterocycles. The first kappa shape index (κ1) is 8.28. The third kappa shape index (κ3) is 2.10. The van der Waals surface area contributed by atoms with Crippen molar-refractivity contribution in [3.05, 3.63) is 35.4 Å². The van der Waals surface area contributed by atoms with Gasteiger partial charge in [0.2, 0.25) is 0 Å². The van der Waals surface area contributed by atoms with Crippen molar-refractivity contribution in [2.24, 2.45) is 5.73 Å². The summed E-state index contributed by atoms with van der Waals surface area (Å²) < 4.78 is 0. The fourth-order valence-electron chi connectivity index (χ4n) is 0.971. The van der Waals surface area contributed by atoms with Crippen LogP contribution < -0.4 is 5.73 Å². The summed E-state index contributed by atoms with van der Waals surface area (Å²) >= 11 is 0. The van der Waals surface area contributed by atoms with E-state index >= 15 is 0 Å². The number of amidine groups is 1. The van der Waals surface area contributed by atoms with Crippen molar-refractivity contribution in [2.45, 2.75) is 6.42 Å². The molecule has 0 unspecified atom stereocenters. The lowest BCUT2D eigenvalue weighted by Crippen LogP contribution is -2.12. The minimum Gasteiger partial charge on any atom is -0.387 e. The molecule has 3 N–H and O–H groups in total. The van der Waals surface area contributed by atoms with Crippen LogP contribution in [0.2, 0.25) is 0 Å². The molecule has 0 saturated carbocycles. The average Bonchev–Trinajstić information content (AvgIpc) is 2.03. The van der Waals surface area contributed by atoms with Gasteiger partial charge in [-0.05, 0) is 17.7 Å². The highest BCUT2D eigenvalue weighted by molar-refractivity contribution is 5.79. The highest BCUT2D eigenvalue weighted by Gasteiger charge is 1.95. The third-order valence-electron chi connectivity index (χ3n) is 1.45. The smallest absolute Gasteiger partial charge is 0.0991 e. The SMILES string of the molecule is N#Cc1cccc(CC(=N)N)c1. The van der Waals surface area contributed by atoms with Gasteiger partial charge in [-0.1, -0.05) is 12.1 Å². The Hall–Kier alpha value is -1.82. The van der Waals surface area contributed by atoms with Gasteiger partial charge in [0, 0.05) is 6.42 Å². The Labute approximate surface area is 70.9 Å². The number of nitriles is 1. The molecule has 0 atom stereocenters. The molecule has 0 aliphatic rings. The van der Waals surface area contributed by atoms with Crippen molar-refractivity contribution >= 4 is 5.84 Å². The topological polar surface area (TPSA) is 73.7 Å². The van der Waals surface area contributed by atoms with Crippen molar-refractivity contribution in [3.63, 3.8) is 0 Å². The fourth-order valence-corrected chi connectivity index (χ4v) is 0.971. The molecular weight excluding hydrogens is 150 g/mol. The molecule has 0 spiro atoms. The zero-order chi connectivity index (χ0) is 8.97. The van der Waals surface area contributed by atoms with Gasteiger partial charge in [-0.2, -0.15) is 5.26 Å². The predicted molar refractivity (Wildman–Crippen MR) is 46.8 cm³/mol. The highest BCUT2D eigenvalue weighted by Crippen LogP contribution is 2.04. The van der Waals surface area contributed by atoms with Crippen molar-refractivity contribution in [1.29, 1.82) is 10.7 Å². The summed E-state index contributed by atoms with van der Waals surface area (Å²) in [5.41, 5.74) is 6.73. The Morgan fingerprint density at radius 2 is 2.33 bits per heavy atom. The number of hydrogen-bond donors (Lipinski definition) is 2. The van der Waals surface area contributed by atoms with Gasteiger partial charge in [0.05, 0.1) is 17.5 Å². The number of hydrogen-bond acceptors (Lipinski definition) is 2. The molecule has 0 amide bonds. The van der Waals surface area contributed by atoms with Crippen molar-refractivity contribution in [2.75, 3.05) is 0 Å². The Balaban J connectivity index is 2.88. The van der Waals surface area contributed by atoms with E-state index in [1.54, 1.807) is 18.2 Å². The van der Waals surface area contributed by atoms with Crippen LogP contribution in [0, 0.1) is 16.7 Å². The maximum Gasteiger partial charge on any atom is 0.0991 e. The van der Waals surface area contributed by atoms with Gasteiger partial charge in [0.1, 0.15) is 0 Å². The molecule has 0 bridgehead atoms. The molecule has 1 rings (SSSR count). The molecule has 1 aromatic carbocycles. The van der Waals surface area contributed by atoms with E-state index in [0.717, 1.165) is 5.56 Å². The van der Waals surface area contributed by atoms with E-state index in [1.165, 1.54) is 0 Å². The van der Waals surface area contributed by atoms with E-state index in [0.29, 0.717) is 12.0 Å². The molecule has 0 saturated heterocycles. The van der Waals surface area contributed by atoms with Gasteiger partial charge in [-0.15, -0.1) is 0 Å². The largest absolute Gasteiger partial charge is 0.387 e. The first-order valence-corrected chi connectivity index (χ1v) is 3.54. The van der Waals surface area contributed by atoms with Gasteiger partial charge in [-0.3, -0.25) is 5.41 Å². The first-order chi connectivity index (χ1) is 5.72. The summed E-state index contributed by atoms with van der Waals surface area (Å²) in [7, 11) is 0. The molecule has 1 aromatic rings. The second-order valence-electron chi connectivity index (χ2n) is 2.51. The summed E-state index contributed by atoms with van der Waals surface area (Å²) in [4.78, 5) is 0. The van der Waals surface area contributed by atoms with E-state index < -0.39 is 0 Å². The first-order valence-electron chi connectivity index (χ1n) is 3.54. The molecule has 0 fully saturated rings. The predicted octanol–water partition coefficient (Wildman–Crippen LogP) is 1.04. The molecular formula is C9H9N3. The minimum absolute atomic E-state index is 0.116. The van der Waals surface area contributed by atoms with Gasteiger partial charge < -0.3 is 5.73 Å². The van der Waals surface area contributed by atoms with Crippen LogP contribution in [0.1, 0.15) is 11.1 Å². The maximum atomic E-state index is 8.56. The molecule has 0 aromatic heterocycles. The van der Waals surface area contributed by atoms with Gasteiger partial charge in [0.25, 0.3) is 0 Å². The highest BCUT2D eigenvalue weighted by atomic mass is 14.7. The molecule has 0 radical (unpaired) electrons. The Bertz CT molecular complexity index is 336. The normalized spacial score (nSPS) is 8.92. The number of nitrogens with zero attached hydrogens (tertiary/aromatic N) is 1.